The van der Waals surface area contributed by atoms with Gasteiger partial charge in [-0.15, -0.1) is 10.2 Å². The summed E-state index contributed by atoms with van der Waals surface area (Å²) in [6.45, 7) is 5.09. The molecule has 1 aromatic carbocycles. The second-order valence-electron chi connectivity index (χ2n) is 4.93. The summed E-state index contributed by atoms with van der Waals surface area (Å²) in [4.78, 5) is 2.33. The Morgan fingerprint density at radius 3 is 2.52 bits per heavy atom. The molecule has 0 radical (unpaired) electrons. The fraction of sp³-hybridized carbons (Fsp3) is 0.375. The molecule has 2 heterocycles. The Labute approximate surface area is 124 Å². The first-order chi connectivity index (χ1) is 10.4. The number of rotatable bonds is 5. The lowest BCUT2D eigenvalue weighted by atomic mass is 10.1. The van der Waals surface area contributed by atoms with Crippen molar-refractivity contribution in [2.75, 3.05) is 39.5 Å². The zero-order chi connectivity index (χ0) is 14.3. The van der Waals surface area contributed by atoms with E-state index in [1.165, 1.54) is 0 Å². The lowest BCUT2D eigenvalue weighted by Crippen LogP contribution is -2.38. The molecule has 0 spiro atoms. The van der Waals surface area contributed by atoms with Gasteiger partial charge in [0.05, 0.1) is 18.9 Å². The zero-order valence-electron chi connectivity index (χ0n) is 11.9. The Morgan fingerprint density at radius 2 is 1.81 bits per heavy atom. The summed E-state index contributed by atoms with van der Waals surface area (Å²) in [6.07, 6.45) is 0. The fourth-order valence-corrected chi connectivity index (χ4v) is 2.26. The number of benzene rings is 1. The van der Waals surface area contributed by atoms with Gasteiger partial charge in [-0.3, -0.25) is 4.90 Å². The minimum Gasteiger partial charge on any atom is -0.475 e. The summed E-state index contributed by atoms with van der Waals surface area (Å²) in [6, 6.07) is 13.8. The molecule has 1 saturated heterocycles. The topological polar surface area (TPSA) is 47.5 Å². The Morgan fingerprint density at radius 1 is 1.00 bits per heavy atom. The van der Waals surface area contributed by atoms with Crippen molar-refractivity contribution in [2.24, 2.45) is 0 Å². The number of aromatic nitrogens is 2. The third-order valence-electron chi connectivity index (χ3n) is 3.47. The molecule has 1 aliphatic heterocycles. The van der Waals surface area contributed by atoms with Crippen molar-refractivity contribution in [3.05, 3.63) is 42.5 Å². The van der Waals surface area contributed by atoms with Gasteiger partial charge in [0.1, 0.15) is 6.61 Å². The van der Waals surface area contributed by atoms with Crippen LogP contribution in [0.25, 0.3) is 11.3 Å². The highest BCUT2D eigenvalue weighted by atomic mass is 16.5. The summed E-state index contributed by atoms with van der Waals surface area (Å²) in [7, 11) is 0. The maximum Gasteiger partial charge on any atom is 0.233 e. The molecule has 21 heavy (non-hydrogen) atoms. The number of hydrogen-bond acceptors (Lipinski definition) is 5. The van der Waals surface area contributed by atoms with Crippen molar-refractivity contribution in [3.8, 4) is 17.1 Å². The van der Waals surface area contributed by atoms with Crippen molar-refractivity contribution in [1.29, 1.82) is 0 Å². The molecule has 110 valence electrons. The van der Waals surface area contributed by atoms with Crippen LogP contribution in [0.15, 0.2) is 42.5 Å². The Hall–Kier alpha value is -1.98. The molecular formula is C16H19N3O2. The molecule has 0 saturated carbocycles. The molecule has 0 N–H and O–H groups in total. The highest BCUT2D eigenvalue weighted by molar-refractivity contribution is 5.58. The molecule has 0 atom stereocenters. The fourth-order valence-electron chi connectivity index (χ4n) is 2.26. The molecule has 0 aliphatic carbocycles. The highest BCUT2D eigenvalue weighted by Gasteiger charge is 2.10. The minimum atomic E-state index is 0.572. The van der Waals surface area contributed by atoms with E-state index in [1.807, 2.05) is 42.5 Å². The van der Waals surface area contributed by atoms with Crippen LogP contribution >= 0.6 is 0 Å². The van der Waals surface area contributed by atoms with Crippen LogP contribution in [0.1, 0.15) is 0 Å². The van der Waals surface area contributed by atoms with Crippen LogP contribution in [-0.2, 0) is 4.74 Å². The maximum atomic E-state index is 5.64. The zero-order valence-corrected chi connectivity index (χ0v) is 11.9. The van der Waals surface area contributed by atoms with Crippen LogP contribution < -0.4 is 4.74 Å². The van der Waals surface area contributed by atoms with Crippen molar-refractivity contribution >= 4 is 0 Å². The maximum absolute atomic E-state index is 5.64. The van der Waals surface area contributed by atoms with Crippen LogP contribution in [0.5, 0.6) is 5.88 Å². The molecule has 0 bridgehead atoms. The van der Waals surface area contributed by atoms with Crippen molar-refractivity contribution < 1.29 is 9.47 Å². The van der Waals surface area contributed by atoms with Gasteiger partial charge < -0.3 is 9.47 Å². The van der Waals surface area contributed by atoms with Gasteiger partial charge in [0, 0.05) is 31.3 Å². The Bertz CT molecular complexity index is 539. The first-order valence-electron chi connectivity index (χ1n) is 7.24. The van der Waals surface area contributed by atoms with Crippen LogP contribution in [0.3, 0.4) is 0 Å². The molecule has 0 amide bonds. The van der Waals surface area contributed by atoms with Gasteiger partial charge in [0.15, 0.2) is 0 Å². The smallest absolute Gasteiger partial charge is 0.233 e. The standard InChI is InChI=1S/C16H19N3O2/c1-2-4-14(5-3-1)15-6-7-16(18-17-15)21-13-10-19-8-11-20-12-9-19/h1-7H,8-13H2. The number of morpholine rings is 1. The van der Waals surface area contributed by atoms with Gasteiger partial charge in [-0.05, 0) is 6.07 Å². The van der Waals surface area contributed by atoms with E-state index < -0.39 is 0 Å². The Balaban J connectivity index is 1.50. The van der Waals surface area contributed by atoms with Crippen molar-refractivity contribution in [3.63, 3.8) is 0 Å². The number of ether oxygens (including phenoxy) is 2. The first kappa shape index (κ1) is 14.0. The van der Waals surface area contributed by atoms with E-state index in [0.717, 1.165) is 44.1 Å². The Kier molecular flexibility index (Phi) is 4.76. The van der Waals surface area contributed by atoms with E-state index in [2.05, 4.69) is 15.1 Å². The molecule has 0 unspecified atom stereocenters. The van der Waals surface area contributed by atoms with E-state index in [4.69, 9.17) is 9.47 Å². The SMILES string of the molecule is c1ccc(-c2ccc(OCCN3CCOCC3)nn2)cc1. The normalized spacial score (nSPS) is 15.8. The third kappa shape index (κ3) is 4.00. The summed E-state index contributed by atoms with van der Waals surface area (Å²) in [5, 5.41) is 8.33. The molecule has 5 nitrogen and oxygen atoms in total. The van der Waals surface area contributed by atoms with Gasteiger partial charge >= 0.3 is 0 Å². The van der Waals surface area contributed by atoms with Crippen molar-refractivity contribution in [1.82, 2.24) is 15.1 Å². The van der Waals surface area contributed by atoms with Gasteiger partial charge in [-0.25, -0.2) is 0 Å². The van der Waals surface area contributed by atoms with Crippen molar-refractivity contribution in [2.45, 2.75) is 0 Å². The molecule has 1 fully saturated rings. The van der Waals surface area contributed by atoms with Crippen LogP contribution in [0.2, 0.25) is 0 Å². The number of nitrogens with zero attached hydrogens (tertiary/aromatic N) is 3. The predicted molar refractivity (Wildman–Crippen MR) is 80.2 cm³/mol. The molecule has 2 aromatic rings. The average Bonchev–Trinajstić information content (AvgIpc) is 2.57. The van der Waals surface area contributed by atoms with Gasteiger partial charge in [0.25, 0.3) is 0 Å². The number of hydrogen-bond donors (Lipinski definition) is 0. The van der Waals surface area contributed by atoms with Gasteiger partial charge in [-0.2, -0.15) is 0 Å². The van der Waals surface area contributed by atoms with E-state index in [1.54, 1.807) is 0 Å². The molecular weight excluding hydrogens is 266 g/mol. The van der Waals surface area contributed by atoms with E-state index in [0.29, 0.717) is 12.5 Å². The van der Waals surface area contributed by atoms with E-state index in [9.17, 15) is 0 Å². The molecule has 1 aliphatic rings. The van der Waals surface area contributed by atoms with Crippen LogP contribution in [0.4, 0.5) is 0 Å². The summed E-state index contributed by atoms with van der Waals surface area (Å²) >= 11 is 0. The summed E-state index contributed by atoms with van der Waals surface area (Å²) in [5.74, 6) is 0.572. The monoisotopic (exact) mass is 285 g/mol. The molecule has 3 rings (SSSR count). The van der Waals surface area contributed by atoms with Crippen LogP contribution in [-0.4, -0.2) is 54.6 Å². The van der Waals surface area contributed by atoms with E-state index in [-0.39, 0.29) is 0 Å². The second-order valence-corrected chi connectivity index (χ2v) is 4.93. The quantitative estimate of drug-likeness (QED) is 0.839. The van der Waals surface area contributed by atoms with Crippen LogP contribution in [0, 0.1) is 0 Å². The summed E-state index contributed by atoms with van der Waals surface area (Å²) in [5.41, 5.74) is 1.92. The molecule has 5 heteroatoms. The molecule has 1 aromatic heterocycles. The first-order valence-corrected chi connectivity index (χ1v) is 7.24. The largest absolute Gasteiger partial charge is 0.475 e. The second kappa shape index (κ2) is 7.15. The summed E-state index contributed by atoms with van der Waals surface area (Å²) < 4.78 is 11.0. The van der Waals surface area contributed by atoms with Gasteiger partial charge in [-0.1, -0.05) is 30.3 Å². The van der Waals surface area contributed by atoms with Gasteiger partial charge in [0.2, 0.25) is 5.88 Å². The minimum absolute atomic E-state index is 0.572. The third-order valence-corrected chi connectivity index (χ3v) is 3.47. The van der Waals surface area contributed by atoms with E-state index >= 15 is 0 Å². The highest BCUT2D eigenvalue weighted by Crippen LogP contribution is 2.16. The lowest BCUT2D eigenvalue weighted by molar-refractivity contribution is 0.0319. The predicted octanol–water partition coefficient (Wildman–Crippen LogP) is 1.85. The average molecular weight is 285 g/mol. The lowest BCUT2D eigenvalue weighted by Gasteiger charge is -2.26.